The molecule has 8 heteroatoms. The van der Waals surface area contributed by atoms with Gasteiger partial charge in [-0.05, 0) is 49.9 Å². The normalized spacial score (nSPS) is 18.2. The smallest absolute Gasteiger partial charge is 0.305 e. The molecule has 1 heterocycles. The zero-order valence-electron chi connectivity index (χ0n) is 13.1. The summed E-state index contributed by atoms with van der Waals surface area (Å²) in [6.45, 7) is 3.81. The van der Waals surface area contributed by atoms with E-state index >= 15 is 0 Å². The van der Waals surface area contributed by atoms with Gasteiger partial charge in [0.1, 0.15) is 0 Å². The first-order valence-corrected chi connectivity index (χ1v) is 8.82. The maximum atomic E-state index is 12.7. The van der Waals surface area contributed by atoms with Crippen molar-refractivity contribution >= 4 is 21.9 Å². The third-order valence-corrected chi connectivity index (χ3v) is 5.26. The third kappa shape index (κ3) is 3.70. The highest BCUT2D eigenvalue weighted by Crippen LogP contribution is 2.26. The number of nitrogens with two attached hydrogens (primary N) is 1. The van der Waals surface area contributed by atoms with Crippen molar-refractivity contribution in [1.29, 1.82) is 0 Å². The van der Waals surface area contributed by atoms with Crippen LogP contribution in [0.3, 0.4) is 0 Å². The van der Waals surface area contributed by atoms with Gasteiger partial charge in [0, 0.05) is 18.2 Å². The van der Waals surface area contributed by atoms with Gasteiger partial charge in [-0.3, -0.25) is 9.59 Å². The van der Waals surface area contributed by atoms with Crippen LogP contribution >= 0.6 is 0 Å². The van der Waals surface area contributed by atoms with Gasteiger partial charge >= 0.3 is 5.97 Å². The fourth-order valence-electron chi connectivity index (χ4n) is 2.93. The fraction of sp³-hybridized carbons (Fsp3) is 0.467. The summed E-state index contributed by atoms with van der Waals surface area (Å²) in [4.78, 5) is 25.0. The van der Waals surface area contributed by atoms with Gasteiger partial charge in [0.05, 0.1) is 11.3 Å². The molecule has 1 amide bonds. The molecule has 0 aromatic heterocycles. The van der Waals surface area contributed by atoms with Gasteiger partial charge in [0.2, 0.25) is 10.0 Å². The summed E-state index contributed by atoms with van der Waals surface area (Å²) < 4.78 is 23.4. The van der Waals surface area contributed by atoms with Crippen molar-refractivity contribution in [2.75, 3.05) is 6.54 Å². The highest BCUT2D eigenvalue weighted by atomic mass is 32.2. The van der Waals surface area contributed by atoms with Gasteiger partial charge in [0.25, 0.3) is 5.91 Å². The lowest BCUT2D eigenvalue weighted by Gasteiger charge is -2.24. The number of carboxylic acid groups (broad SMARTS) is 1. The molecule has 1 aromatic carbocycles. The van der Waals surface area contributed by atoms with E-state index in [1.54, 1.807) is 19.9 Å². The van der Waals surface area contributed by atoms with Crippen LogP contribution in [-0.2, 0) is 14.8 Å². The monoisotopic (exact) mass is 340 g/mol. The van der Waals surface area contributed by atoms with E-state index in [0.29, 0.717) is 24.1 Å². The average Bonchev–Trinajstić information content (AvgIpc) is 2.86. The zero-order valence-corrected chi connectivity index (χ0v) is 13.9. The maximum absolute atomic E-state index is 12.7. The van der Waals surface area contributed by atoms with Gasteiger partial charge in [-0.2, -0.15) is 0 Å². The van der Waals surface area contributed by atoms with Crippen LogP contribution in [-0.4, -0.2) is 42.9 Å². The molecule has 23 heavy (non-hydrogen) atoms. The molecule has 0 radical (unpaired) electrons. The number of nitrogens with zero attached hydrogens (tertiary/aromatic N) is 1. The van der Waals surface area contributed by atoms with Crippen molar-refractivity contribution < 1.29 is 23.1 Å². The summed E-state index contributed by atoms with van der Waals surface area (Å²) >= 11 is 0. The van der Waals surface area contributed by atoms with Crippen molar-refractivity contribution in [3.8, 4) is 0 Å². The highest BCUT2D eigenvalue weighted by molar-refractivity contribution is 7.89. The standard InChI is InChI=1S/C15H20N2O5S/c1-9-6-11(7-13(10(9)2)23(16,21)22)15(20)17-5-3-4-12(17)8-14(18)19/h6-7,12H,3-5,8H2,1-2H3,(H,18,19)(H2,16,21,22). The molecule has 0 bridgehead atoms. The Morgan fingerprint density at radius 3 is 2.57 bits per heavy atom. The third-order valence-electron chi connectivity index (χ3n) is 4.22. The van der Waals surface area contributed by atoms with Crippen LogP contribution in [0.1, 0.15) is 40.7 Å². The van der Waals surface area contributed by atoms with E-state index in [4.69, 9.17) is 10.2 Å². The predicted octanol–water partition coefficient (Wildman–Crippen LogP) is 1.03. The van der Waals surface area contributed by atoms with E-state index in [0.717, 1.165) is 6.42 Å². The molecule has 0 saturated carbocycles. The number of aliphatic carboxylic acids is 1. The molecule has 126 valence electrons. The van der Waals surface area contributed by atoms with Crippen molar-refractivity contribution in [3.05, 3.63) is 28.8 Å². The molecule has 1 unspecified atom stereocenters. The topological polar surface area (TPSA) is 118 Å². The van der Waals surface area contributed by atoms with Crippen LogP contribution in [0.4, 0.5) is 0 Å². The van der Waals surface area contributed by atoms with Crippen LogP contribution in [0.15, 0.2) is 17.0 Å². The lowest BCUT2D eigenvalue weighted by atomic mass is 10.0. The van der Waals surface area contributed by atoms with Crippen LogP contribution in [0.2, 0.25) is 0 Å². The summed E-state index contributed by atoms with van der Waals surface area (Å²) in [7, 11) is -3.93. The SMILES string of the molecule is Cc1cc(C(=O)N2CCCC2CC(=O)O)cc(S(N)(=O)=O)c1C. The van der Waals surface area contributed by atoms with Crippen molar-refractivity contribution in [2.24, 2.45) is 5.14 Å². The Bertz CT molecular complexity index is 757. The van der Waals surface area contributed by atoms with E-state index in [-0.39, 0.29) is 28.8 Å². The molecular formula is C15H20N2O5S. The Kier molecular flexibility index (Phi) is 4.76. The van der Waals surface area contributed by atoms with Crippen molar-refractivity contribution in [3.63, 3.8) is 0 Å². The van der Waals surface area contributed by atoms with E-state index in [1.165, 1.54) is 11.0 Å². The second-order valence-corrected chi connectivity index (χ2v) is 7.38. The molecule has 1 aromatic rings. The molecule has 1 aliphatic heterocycles. The van der Waals surface area contributed by atoms with Gasteiger partial charge in [-0.25, -0.2) is 13.6 Å². The molecule has 1 fully saturated rings. The molecule has 2 rings (SSSR count). The van der Waals surface area contributed by atoms with Gasteiger partial charge in [-0.15, -0.1) is 0 Å². The van der Waals surface area contributed by atoms with Crippen LogP contribution < -0.4 is 5.14 Å². The Morgan fingerprint density at radius 1 is 1.35 bits per heavy atom. The first kappa shape index (κ1) is 17.4. The fourth-order valence-corrected chi connectivity index (χ4v) is 3.81. The Labute approximate surface area is 135 Å². The highest BCUT2D eigenvalue weighted by Gasteiger charge is 2.31. The minimum absolute atomic E-state index is 0.0742. The molecule has 1 atom stereocenters. The second kappa shape index (κ2) is 6.29. The van der Waals surface area contributed by atoms with E-state index in [9.17, 15) is 18.0 Å². The van der Waals surface area contributed by atoms with Gasteiger partial charge < -0.3 is 10.0 Å². The lowest BCUT2D eigenvalue weighted by molar-refractivity contribution is -0.137. The average molecular weight is 340 g/mol. The first-order valence-electron chi connectivity index (χ1n) is 7.28. The second-order valence-electron chi connectivity index (χ2n) is 5.85. The summed E-state index contributed by atoms with van der Waals surface area (Å²) in [5.74, 6) is -1.32. The molecule has 1 aliphatic rings. The number of carbonyl (C=O) groups is 2. The number of sulfonamides is 1. The van der Waals surface area contributed by atoms with Crippen molar-refractivity contribution in [2.45, 2.75) is 44.0 Å². The number of hydrogen-bond acceptors (Lipinski definition) is 4. The minimum Gasteiger partial charge on any atom is -0.481 e. The summed E-state index contributed by atoms with van der Waals surface area (Å²) in [6.07, 6.45) is 1.25. The Hall–Kier alpha value is -1.93. The molecule has 3 N–H and O–H groups in total. The number of likely N-dealkylation sites (tertiary alicyclic amines) is 1. The number of aryl methyl sites for hydroxylation is 1. The number of benzene rings is 1. The minimum atomic E-state index is -3.93. The van der Waals surface area contributed by atoms with Crippen LogP contribution in [0.5, 0.6) is 0 Å². The maximum Gasteiger partial charge on any atom is 0.305 e. The molecule has 1 saturated heterocycles. The number of rotatable bonds is 4. The number of carbonyl (C=O) groups excluding carboxylic acids is 1. The van der Waals surface area contributed by atoms with Crippen molar-refractivity contribution in [1.82, 2.24) is 4.90 Å². The number of hydrogen-bond donors (Lipinski definition) is 2. The predicted molar refractivity (Wildman–Crippen MR) is 83.6 cm³/mol. The van der Waals surface area contributed by atoms with E-state index in [1.807, 2.05) is 0 Å². The van der Waals surface area contributed by atoms with Crippen LogP contribution in [0.25, 0.3) is 0 Å². The van der Waals surface area contributed by atoms with E-state index in [2.05, 4.69) is 0 Å². The van der Waals surface area contributed by atoms with Gasteiger partial charge in [-0.1, -0.05) is 0 Å². The quantitative estimate of drug-likeness (QED) is 0.849. The first-order chi connectivity index (χ1) is 10.6. The molecule has 7 nitrogen and oxygen atoms in total. The largest absolute Gasteiger partial charge is 0.481 e. The summed E-state index contributed by atoms with van der Waals surface area (Å²) in [6, 6.07) is 2.53. The summed E-state index contributed by atoms with van der Waals surface area (Å²) in [5, 5.41) is 14.2. The summed E-state index contributed by atoms with van der Waals surface area (Å²) in [5.41, 5.74) is 1.37. The Balaban J connectivity index is 2.40. The van der Waals surface area contributed by atoms with E-state index < -0.39 is 16.0 Å². The number of amides is 1. The number of carboxylic acids is 1. The molecule has 0 spiro atoms. The Morgan fingerprint density at radius 2 is 2.00 bits per heavy atom. The van der Waals surface area contributed by atoms with Gasteiger partial charge in [0.15, 0.2) is 0 Å². The lowest BCUT2D eigenvalue weighted by Crippen LogP contribution is -2.37. The zero-order chi connectivity index (χ0) is 17.4. The van der Waals surface area contributed by atoms with Crippen LogP contribution in [0, 0.1) is 13.8 Å². The number of primary sulfonamides is 1. The molecule has 0 aliphatic carbocycles. The molecular weight excluding hydrogens is 320 g/mol.